The average molecular weight is 307 g/mol. The van der Waals surface area contributed by atoms with Crippen LogP contribution in [0.3, 0.4) is 0 Å². The normalized spacial score (nSPS) is 9.91. The minimum atomic E-state index is -0.262. The zero-order valence-corrected chi connectivity index (χ0v) is 14.2. The van der Waals surface area contributed by atoms with Crippen molar-refractivity contribution in [2.75, 3.05) is 20.8 Å². The zero-order valence-electron chi connectivity index (χ0n) is 14.2. The number of ether oxygens (including phenoxy) is 3. The first-order chi connectivity index (χ1) is 10.6. The minimum Gasteiger partial charge on any atom is -0.493 e. The van der Waals surface area contributed by atoms with Gasteiger partial charge in [-0.05, 0) is 24.6 Å². The summed E-state index contributed by atoms with van der Waals surface area (Å²) in [6.45, 7) is 7.78. The highest BCUT2D eigenvalue weighted by Crippen LogP contribution is 2.37. The van der Waals surface area contributed by atoms with Gasteiger partial charge in [0, 0.05) is 24.4 Å². The molecule has 0 amide bonds. The molecule has 2 rings (SSSR count). The summed E-state index contributed by atoms with van der Waals surface area (Å²) in [5, 5.41) is 1.06. The van der Waals surface area contributed by atoms with Crippen LogP contribution in [0, 0.1) is 6.92 Å². The highest BCUT2D eigenvalue weighted by atomic mass is 16.5. The number of carbonyl (C=O) groups is 1. The van der Waals surface area contributed by atoms with Crippen molar-refractivity contribution in [3.05, 3.63) is 23.4 Å². The van der Waals surface area contributed by atoms with E-state index in [4.69, 9.17) is 14.2 Å². The van der Waals surface area contributed by atoms with Crippen molar-refractivity contribution in [1.82, 2.24) is 4.98 Å². The molecular weight excluding hydrogens is 282 g/mol. The number of fused-ring (bicyclic) bond motifs is 1. The first-order valence-corrected chi connectivity index (χ1v) is 7.44. The summed E-state index contributed by atoms with van der Waals surface area (Å²) in [6.07, 6.45) is 0.668. The van der Waals surface area contributed by atoms with Gasteiger partial charge in [-0.3, -0.25) is 4.79 Å². The molecule has 5 heteroatoms. The van der Waals surface area contributed by atoms with Gasteiger partial charge in [0.05, 0.1) is 26.3 Å². The Balaban J connectivity index is 0.00000116. The van der Waals surface area contributed by atoms with Crippen molar-refractivity contribution in [2.24, 2.45) is 0 Å². The maximum absolute atomic E-state index is 10.8. The van der Waals surface area contributed by atoms with Gasteiger partial charge in [0.25, 0.3) is 0 Å². The first-order valence-electron chi connectivity index (χ1n) is 7.44. The van der Waals surface area contributed by atoms with E-state index in [9.17, 15) is 4.79 Å². The molecule has 0 spiro atoms. The first kappa shape index (κ1) is 17.9. The van der Waals surface area contributed by atoms with Gasteiger partial charge in [-0.2, -0.15) is 0 Å². The van der Waals surface area contributed by atoms with Crippen molar-refractivity contribution in [3.63, 3.8) is 0 Å². The van der Waals surface area contributed by atoms with Crippen LogP contribution < -0.4 is 9.47 Å². The van der Waals surface area contributed by atoms with Gasteiger partial charge in [0.1, 0.15) is 0 Å². The van der Waals surface area contributed by atoms with Gasteiger partial charge in [0.15, 0.2) is 11.5 Å². The largest absolute Gasteiger partial charge is 0.493 e. The SMILES string of the molecule is CC.COc1ccc2c(CCOC(C)=O)c(C)[nH]c2c1OC. The van der Waals surface area contributed by atoms with Crippen molar-refractivity contribution in [1.29, 1.82) is 0 Å². The molecule has 1 N–H and O–H groups in total. The van der Waals surface area contributed by atoms with E-state index in [0.717, 1.165) is 22.2 Å². The summed E-state index contributed by atoms with van der Waals surface area (Å²) in [7, 11) is 3.23. The number of methoxy groups -OCH3 is 2. The lowest BCUT2D eigenvalue weighted by atomic mass is 10.1. The van der Waals surface area contributed by atoms with Gasteiger partial charge < -0.3 is 19.2 Å². The Morgan fingerprint density at radius 1 is 1.18 bits per heavy atom. The number of hydrogen-bond donors (Lipinski definition) is 1. The van der Waals surface area contributed by atoms with Gasteiger partial charge in [-0.25, -0.2) is 0 Å². The van der Waals surface area contributed by atoms with Crippen LogP contribution in [0.2, 0.25) is 0 Å². The number of nitrogens with one attached hydrogen (secondary N) is 1. The van der Waals surface area contributed by atoms with Crippen molar-refractivity contribution in [2.45, 2.75) is 34.1 Å². The third-order valence-corrected chi connectivity index (χ3v) is 3.29. The van der Waals surface area contributed by atoms with Crippen LogP contribution in [0.5, 0.6) is 11.5 Å². The molecule has 0 atom stereocenters. The fourth-order valence-electron chi connectivity index (χ4n) is 2.39. The molecule has 1 aromatic carbocycles. The quantitative estimate of drug-likeness (QED) is 0.857. The second-order valence-electron chi connectivity index (χ2n) is 4.54. The summed E-state index contributed by atoms with van der Waals surface area (Å²) in [5.41, 5.74) is 3.07. The molecule has 122 valence electrons. The number of hydrogen-bond acceptors (Lipinski definition) is 4. The van der Waals surface area contributed by atoms with E-state index in [1.54, 1.807) is 14.2 Å². The molecule has 0 aliphatic rings. The van der Waals surface area contributed by atoms with E-state index >= 15 is 0 Å². The van der Waals surface area contributed by atoms with E-state index in [-0.39, 0.29) is 5.97 Å². The number of H-pyrrole nitrogens is 1. The molecule has 1 heterocycles. The molecule has 0 bridgehead atoms. The number of aromatic nitrogens is 1. The van der Waals surface area contributed by atoms with Crippen LogP contribution in [0.25, 0.3) is 10.9 Å². The summed E-state index contributed by atoms with van der Waals surface area (Å²) >= 11 is 0. The summed E-state index contributed by atoms with van der Waals surface area (Å²) in [5.74, 6) is 1.11. The van der Waals surface area contributed by atoms with E-state index in [1.165, 1.54) is 6.92 Å². The molecule has 0 unspecified atom stereocenters. The predicted octanol–water partition coefficient (Wildman–Crippen LogP) is 3.63. The lowest BCUT2D eigenvalue weighted by Crippen LogP contribution is -2.03. The number of aromatic amines is 1. The van der Waals surface area contributed by atoms with E-state index < -0.39 is 0 Å². The van der Waals surface area contributed by atoms with Gasteiger partial charge in [-0.1, -0.05) is 13.8 Å². The molecule has 5 nitrogen and oxygen atoms in total. The fourth-order valence-corrected chi connectivity index (χ4v) is 2.39. The van der Waals surface area contributed by atoms with Crippen LogP contribution in [-0.4, -0.2) is 31.8 Å². The molecule has 0 radical (unpaired) electrons. The summed E-state index contributed by atoms with van der Waals surface area (Å²) in [6, 6.07) is 3.87. The Hall–Kier alpha value is -2.17. The Bertz CT molecular complexity index is 631. The van der Waals surface area contributed by atoms with Crippen LogP contribution >= 0.6 is 0 Å². The average Bonchev–Trinajstić information content (AvgIpc) is 2.84. The third-order valence-electron chi connectivity index (χ3n) is 3.29. The molecule has 1 aromatic heterocycles. The van der Waals surface area contributed by atoms with Gasteiger partial charge in [0.2, 0.25) is 0 Å². The Morgan fingerprint density at radius 2 is 1.86 bits per heavy atom. The number of aryl methyl sites for hydroxylation is 1. The van der Waals surface area contributed by atoms with E-state index in [0.29, 0.717) is 24.5 Å². The Kier molecular flexibility index (Phi) is 6.76. The van der Waals surface area contributed by atoms with Gasteiger partial charge >= 0.3 is 5.97 Å². The lowest BCUT2D eigenvalue weighted by molar-refractivity contribution is -0.140. The topological polar surface area (TPSA) is 60.5 Å². The van der Waals surface area contributed by atoms with Crippen LogP contribution in [-0.2, 0) is 16.0 Å². The number of carbonyl (C=O) groups excluding carboxylic acids is 1. The fraction of sp³-hybridized carbons (Fsp3) is 0.471. The molecule has 0 saturated heterocycles. The molecule has 0 aliphatic carbocycles. The lowest BCUT2D eigenvalue weighted by Gasteiger charge is -2.08. The molecule has 0 fully saturated rings. The Morgan fingerprint density at radius 3 is 2.41 bits per heavy atom. The maximum atomic E-state index is 10.8. The van der Waals surface area contributed by atoms with Crippen LogP contribution in [0.15, 0.2) is 12.1 Å². The second kappa shape index (κ2) is 8.32. The number of esters is 1. The van der Waals surface area contributed by atoms with E-state index in [2.05, 4.69) is 4.98 Å². The van der Waals surface area contributed by atoms with Crippen LogP contribution in [0.4, 0.5) is 0 Å². The molecule has 0 saturated carbocycles. The maximum Gasteiger partial charge on any atom is 0.302 e. The van der Waals surface area contributed by atoms with Crippen molar-refractivity contribution in [3.8, 4) is 11.5 Å². The van der Waals surface area contributed by atoms with Crippen molar-refractivity contribution < 1.29 is 19.0 Å². The highest BCUT2D eigenvalue weighted by molar-refractivity contribution is 5.91. The predicted molar refractivity (Wildman–Crippen MR) is 87.8 cm³/mol. The van der Waals surface area contributed by atoms with Gasteiger partial charge in [-0.15, -0.1) is 0 Å². The van der Waals surface area contributed by atoms with Crippen LogP contribution in [0.1, 0.15) is 32.0 Å². The molecule has 0 aliphatic heterocycles. The highest BCUT2D eigenvalue weighted by Gasteiger charge is 2.15. The molecule has 2 aromatic rings. The minimum absolute atomic E-state index is 0.262. The number of benzene rings is 1. The Labute approximate surface area is 131 Å². The standard InChI is InChI=1S/C15H19NO4.C2H6/c1-9-11(7-8-20-10(2)17)12-5-6-13(18-3)15(19-4)14(12)16-9;1-2/h5-6,16H,7-8H2,1-4H3;1-2H3. The van der Waals surface area contributed by atoms with Crippen molar-refractivity contribution >= 4 is 16.9 Å². The van der Waals surface area contributed by atoms with E-state index in [1.807, 2.05) is 32.9 Å². The zero-order chi connectivity index (χ0) is 16.7. The monoisotopic (exact) mass is 307 g/mol. The second-order valence-corrected chi connectivity index (χ2v) is 4.54. The molecular formula is C17H25NO4. The third kappa shape index (κ3) is 3.72. The summed E-state index contributed by atoms with van der Waals surface area (Å²) in [4.78, 5) is 14.2. The number of rotatable bonds is 5. The summed E-state index contributed by atoms with van der Waals surface area (Å²) < 4.78 is 15.7. The smallest absolute Gasteiger partial charge is 0.302 e. The molecule has 22 heavy (non-hydrogen) atoms.